The molecule has 1 aromatic carbocycles. The number of rotatable bonds is 4. The molecule has 0 atom stereocenters. The standard InChI is InChI=1S/C18H26N2O2/c1-13(2)12-19-17(21)15-8-10-20(11-9-15)18(22)16-7-5-4-6-14(16)3/h4-7,13,15H,8-12H2,1-3H3,(H,19,21). The molecule has 120 valence electrons. The van der Waals surface area contributed by atoms with Gasteiger partial charge in [0.05, 0.1) is 0 Å². The molecule has 1 fully saturated rings. The molecule has 4 heteroatoms. The van der Waals surface area contributed by atoms with Crippen molar-refractivity contribution in [2.75, 3.05) is 19.6 Å². The van der Waals surface area contributed by atoms with Crippen molar-refractivity contribution in [2.45, 2.75) is 33.6 Å². The normalized spacial score (nSPS) is 15.9. The van der Waals surface area contributed by atoms with Crippen molar-refractivity contribution >= 4 is 11.8 Å². The third-order valence-electron chi connectivity index (χ3n) is 4.21. The second-order valence-corrected chi connectivity index (χ2v) is 6.52. The Kier molecular flexibility index (Phi) is 5.58. The first-order valence-electron chi connectivity index (χ1n) is 8.11. The number of hydrogen-bond donors (Lipinski definition) is 1. The van der Waals surface area contributed by atoms with Gasteiger partial charge in [-0.3, -0.25) is 9.59 Å². The Morgan fingerprint density at radius 3 is 2.45 bits per heavy atom. The van der Waals surface area contributed by atoms with Gasteiger partial charge in [0.2, 0.25) is 5.91 Å². The average Bonchev–Trinajstić information content (AvgIpc) is 2.52. The van der Waals surface area contributed by atoms with Crippen LogP contribution >= 0.6 is 0 Å². The minimum atomic E-state index is 0.0414. The van der Waals surface area contributed by atoms with Crippen molar-refractivity contribution in [3.63, 3.8) is 0 Å². The van der Waals surface area contributed by atoms with Crippen LogP contribution in [0.15, 0.2) is 24.3 Å². The second-order valence-electron chi connectivity index (χ2n) is 6.52. The van der Waals surface area contributed by atoms with Crippen molar-refractivity contribution in [1.29, 1.82) is 0 Å². The van der Waals surface area contributed by atoms with Crippen LogP contribution in [0.2, 0.25) is 0 Å². The lowest BCUT2D eigenvalue weighted by Crippen LogP contribution is -2.43. The molecule has 1 aliphatic heterocycles. The van der Waals surface area contributed by atoms with Crippen molar-refractivity contribution in [2.24, 2.45) is 11.8 Å². The van der Waals surface area contributed by atoms with Gasteiger partial charge in [0.15, 0.2) is 0 Å². The predicted molar refractivity (Wildman–Crippen MR) is 87.7 cm³/mol. The summed E-state index contributed by atoms with van der Waals surface area (Å²) in [7, 11) is 0. The van der Waals surface area contributed by atoms with Gasteiger partial charge >= 0.3 is 0 Å². The predicted octanol–water partition coefficient (Wildman–Crippen LogP) is 2.62. The number of amides is 2. The lowest BCUT2D eigenvalue weighted by atomic mass is 9.95. The van der Waals surface area contributed by atoms with E-state index in [0.717, 1.165) is 30.5 Å². The highest BCUT2D eigenvalue weighted by Gasteiger charge is 2.28. The fraction of sp³-hybridized carbons (Fsp3) is 0.556. The highest BCUT2D eigenvalue weighted by molar-refractivity contribution is 5.95. The molecule has 4 nitrogen and oxygen atoms in total. The van der Waals surface area contributed by atoms with Crippen LogP contribution in [-0.2, 0) is 4.79 Å². The van der Waals surface area contributed by atoms with E-state index in [9.17, 15) is 9.59 Å². The average molecular weight is 302 g/mol. The molecular formula is C18H26N2O2. The summed E-state index contributed by atoms with van der Waals surface area (Å²) < 4.78 is 0. The number of aryl methyl sites for hydroxylation is 1. The van der Waals surface area contributed by atoms with E-state index in [4.69, 9.17) is 0 Å². The van der Waals surface area contributed by atoms with Gasteiger partial charge in [-0.1, -0.05) is 32.0 Å². The summed E-state index contributed by atoms with van der Waals surface area (Å²) in [5.41, 5.74) is 1.77. The lowest BCUT2D eigenvalue weighted by molar-refractivity contribution is -0.126. The molecule has 2 amide bonds. The highest BCUT2D eigenvalue weighted by atomic mass is 16.2. The Morgan fingerprint density at radius 2 is 1.86 bits per heavy atom. The van der Waals surface area contributed by atoms with Crippen LogP contribution in [0.4, 0.5) is 0 Å². The van der Waals surface area contributed by atoms with Gasteiger partial charge in [0.1, 0.15) is 0 Å². The molecular weight excluding hydrogens is 276 g/mol. The maximum atomic E-state index is 12.5. The summed E-state index contributed by atoms with van der Waals surface area (Å²) in [5, 5.41) is 2.99. The lowest BCUT2D eigenvalue weighted by Gasteiger charge is -2.31. The maximum Gasteiger partial charge on any atom is 0.254 e. The third kappa shape index (κ3) is 4.09. The van der Waals surface area contributed by atoms with Gasteiger partial charge in [-0.2, -0.15) is 0 Å². The van der Waals surface area contributed by atoms with E-state index in [1.54, 1.807) is 0 Å². The molecule has 2 rings (SSSR count). The van der Waals surface area contributed by atoms with Crippen LogP contribution in [0.3, 0.4) is 0 Å². The fourth-order valence-corrected chi connectivity index (χ4v) is 2.78. The van der Waals surface area contributed by atoms with Crippen molar-refractivity contribution < 1.29 is 9.59 Å². The molecule has 1 heterocycles. The van der Waals surface area contributed by atoms with E-state index >= 15 is 0 Å². The van der Waals surface area contributed by atoms with E-state index in [2.05, 4.69) is 19.2 Å². The van der Waals surface area contributed by atoms with Crippen LogP contribution in [-0.4, -0.2) is 36.3 Å². The van der Waals surface area contributed by atoms with Crippen molar-refractivity contribution in [3.05, 3.63) is 35.4 Å². The van der Waals surface area contributed by atoms with Gasteiger partial charge < -0.3 is 10.2 Å². The zero-order valence-electron chi connectivity index (χ0n) is 13.8. The molecule has 1 aliphatic rings. The van der Waals surface area contributed by atoms with Crippen LogP contribution in [0.1, 0.15) is 42.6 Å². The molecule has 1 saturated heterocycles. The molecule has 0 aliphatic carbocycles. The molecule has 1 aromatic rings. The largest absolute Gasteiger partial charge is 0.356 e. The van der Waals surface area contributed by atoms with Crippen LogP contribution < -0.4 is 5.32 Å². The van der Waals surface area contributed by atoms with E-state index in [1.807, 2.05) is 36.1 Å². The quantitative estimate of drug-likeness (QED) is 0.929. The molecule has 0 spiro atoms. The van der Waals surface area contributed by atoms with Gasteiger partial charge in [-0.25, -0.2) is 0 Å². The van der Waals surface area contributed by atoms with Crippen molar-refractivity contribution in [3.8, 4) is 0 Å². The van der Waals surface area contributed by atoms with Gasteiger partial charge in [-0.05, 0) is 37.3 Å². The Morgan fingerprint density at radius 1 is 1.23 bits per heavy atom. The number of benzene rings is 1. The molecule has 0 unspecified atom stereocenters. The molecule has 0 saturated carbocycles. The number of piperidine rings is 1. The monoisotopic (exact) mass is 302 g/mol. The summed E-state index contributed by atoms with van der Waals surface area (Å²) in [4.78, 5) is 26.5. The van der Waals surface area contributed by atoms with E-state index in [1.165, 1.54) is 0 Å². The fourth-order valence-electron chi connectivity index (χ4n) is 2.78. The first-order chi connectivity index (χ1) is 10.5. The minimum absolute atomic E-state index is 0.0414. The summed E-state index contributed by atoms with van der Waals surface area (Å²) in [6.45, 7) is 8.17. The molecule has 1 N–H and O–H groups in total. The van der Waals surface area contributed by atoms with Crippen molar-refractivity contribution in [1.82, 2.24) is 10.2 Å². The minimum Gasteiger partial charge on any atom is -0.356 e. The number of likely N-dealkylation sites (tertiary alicyclic amines) is 1. The second kappa shape index (κ2) is 7.43. The van der Waals surface area contributed by atoms with Gasteiger partial charge in [-0.15, -0.1) is 0 Å². The third-order valence-corrected chi connectivity index (χ3v) is 4.21. The van der Waals surface area contributed by atoms with E-state index in [-0.39, 0.29) is 17.7 Å². The Balaban J connectivity index is 1.88. The molecule has 0 aromatic heterocycles. The molecule has 0 radical (unpaired) electrons. The summed E-state index contributed by atoms with van der Waals surface area (Å²) >= 11 is 0. The number of carbonyl (C=O) groups excluding carboxylic acids is 2. The van der Waals surface area contributed by atoms with Crippen LogP contribution in [0.5, 0.6) is 0 Å². The van der Waals surface area contributed by atoms with Gasteiger partial charge in [0.25, 0.3) is 5.91 Å². The summed E-state index contributed by atoms with van der Waals surface area (Å²) in [5.74, 6) is 0.724. The topological polar surface area (TPSA) is 49.4 Å². The number of hydrogen-bond acceptors (Lipinski definition) is 2. The van der Waals surface area contributed by atoms with Crippen LogP contribution in [0, 0.1) is 18.8 Å². The Bertz CT molecular complexity index is 532. The number of nitrogens with one attached hydrogen (secondary N) is 1. The maximum absolute atomic E-state index is 12.5. The number of nitrogens with zero attached hydrogens (tertiary/aromatic N) is 1. The zero-order chi connectivity index (χ0) is 16.1. The molecule has 22 heavy (non-hydrogen) atoms. The number of carbonyl (C=O) groups is 2. The Hall–Kier alpha value is -1.84. The van der Waals surface area contributed by atoms with E-state index in [0.29, 0.717) is 19.0 Å². The van der Waals surface area contributed by atoms with E-state index < -0.39 is 0 Å². The Labute approximate surface area is 132 Å². The summed E-state index contributed by atoms with van der Waals surface area (Å²) in [6.07, 6.45) is 1.50. The smallest absolute Gasteiger partial charge is 0.254 e. The van der Waals surface area contributed by atoms with Gasteiger partial charge in [0, 0.05) is 31.1 Å². The first-order valence-corrected chi connectivity index (χ1v) is 8.11. The molecule has 0 bridgehead atoms. The first kappa shape index (κ1) is 16.5. The highest BCUT2D eigenvalue weighted by Crippen LogP contribution is 2.20. The van der Waals surface area contributed by atoms with Crippen LogP contribution in [0.25, 0.3) is 0 Å². The SMILES string of the molecule is Cc1ccccc1C(=O)N1CCC(C(=O)NCC(C)C)CC1. The zero-order valence-corrected chi connectivity index (χ0v) is 13.8. The summed E-state index contributed by atoms with van der Waals surface area (Å²) in [6, 6.07) is 7.67.